The van der Waals surface area contributed by atoms with Crippen LogP contribution in [0.1, 0.15) is 47.0 Å². The van der Waals surface area contributed by atoms with Crippen LogP contribution in [0.4, 0.5) is 0 Å². The minimum absolute atomic E-state index is 0.135. The standard InChI is InChI=1S/C14H23NOS/c1-10-8-12(11(2)17-10)13(15-3)9-14(16-4)6-5-7-14/h8,13,15H,5-7,9H2,1-4H3. The van der Waals surface area contributed by atoms with E-state index in [-0.39, 0.29) is 5.60 Å². The van der Waals surface area contributed by atoms with Crippen molar-refractivity contribution >= 4 is 11.3 Å². The Labute approximate surface area is 108 Å². The second-order valence-corrected chi connectivity index (χ2v) is 6.62. The molecule has 1 heterocycles. The normalized spacial score (nSPS) is 20.0. The van der Waals surface area contributed by atoms with E-state index in [0.717, 1.165) is 6.42 Å². The Morgan fingerprint density at radius 3 is 2.53 bits per heavy atom. The van der Waals surface area contributed by atoms with Crippen LogP contribution in [0.3, 0.4) is 0 Å². The third-order valence-electron chi connectivity index (χ3n) is 4.08. The van der Waals surface area contributed by atoms with Gasteiger partial charge in [-0.25, -0.2) is 0 Å². The summed E-state index contributed by atoms with van der Waals surface area (Å²) in [5, 5.41) is 3.46. The molecule has 0 radical (unpaired) electrons. The number of hydrogen-bond donors (Lipinski definition) is 1. The Bertz CT molecular complexity index is 376. The predicted octanol–water partition coefficient (Wildman–Crippen LogP) is 3.58. The molecular formula is C14H23NOS. The molecule has 1 aromatic heterocycles. The Morgan fingerprint density at radius 2 is 2.18 bits per heavy atom. The predicted molar refractivity (Wildman–Crippen MR) is 73.8 cm³/mol. The fraction of sp³-hybridized carbons (Fsp3) is 0.714. The Morgan fingerprint density at radius 1 is 1.47 bits per heavy atom. The van der Waals surface area contributed by atoms with Gasteiger partial charge in [0.2, 0.25) is 0 Å². The lowest BCUT2D eigenvalue weighted by atomic mass is 9.74. The van der Waals surface area contributed by atoms with Crippen molar-refractivity contribution in [3.63, 3.8) is 0 Å². The number of rotatable bonds is 5. The van der Waals surface area contributed by atoms with Gasteiger partial charge in [-0.1, -0.05) is 0 Å². The zero-order valence-corrected chi connectivity index (χ0v) is 12.1. The summed E-state index contributed by atoms with van der Waals surface area (Å²) in [4.78, 5) is 2.84. The molecule has 1 fully saturated rings. The summed E-state index contributed by atoms with van der Waals surface area (Å²) >= 11 is 1.89. The monoisotopic (exact) mass is 253 g/mol. The molecule has 1 N–H and O–H groups in total. The maximum atomic E-state index is 5.74. The Hall–Kier alpha value is -0.380. The lowest BCUT2D eigenvalue weighted by molar-refractivity contribution is -0.0834. The van der Waals surface area contributed by atoms with Crippen molar-refractivity contribution in [3.05, 3.63) is 21.4 Å². The van der Waals surface area contributed by atoms with Crippen LogP contribution in [0.15, 0.2) is 6.07 Å². The van der Waals surface area contributed by atoms with Crippen LogP contribution in [0.25, 0.3) is 0 Å². The van der Waals surface area contributed by atoms with E-state index in [0.29, 0.717) is 6.04 Å². The summed E-state index contributed by atoms with van der Waals surface area (Å²) in [7, 11) is 3.91. The summed E-state index contributed by atoms with van der Waals surface area (Å²) in [6.07, 6.45) is 4.83. The number of thiophene rings is 1. The maximum Gasteiger partial charge on any atom is 0.0697 e. The summed E-state index contributed by atoms with van der Waals surface area (Å²) < 4.78 is 5.74. The van der Waals surface area contributed by atoms with Crippen LogP contribution in [-0.2, 0) is 4.74 Å². The molecule has 0 aromatic carbocycles. The average Bonchev–Trinajstić information content (AvgIpc) is 2.58. The molecule has 1 aliphatic carbocycles. The van der Waals surface area contributed by atoms with Gasteiger partial charge >= 0.3 is 0 Å². The minimum atomic E-state index is 0.135. The van der Waals surface area contributed by atoms with Crippen molar-refractivity contribution in [1.29, 1.82) is 0 Å². The number of nitrogens with one attached hydrogen (secondary N) is 1. The quantitative estimate of drug-likeness (QED) is 0.866. The molecule has 0 bridgehead atoms. The smallest absolute Gasteiger partial charge is 0.0697 e. The summed E-state index contributed by atoms with van der Waals surface area (Å²) in [6.45, 7) is 4.40. The molecule has 1 aliphatic rings. The van der Waals surface area contributed by atoms with Gasteiger partial charge in [0.05, 0.1) is 5.60 Å². The average molecular weight is 253 g/mol. The number of aryl methyl sites for hydroxylation is 2. The van der Waals surface area contributed by atoms with Crippen LogP contribution in [-0.4, -0.2) is 19.8 Å². The number of methoxy groups -OCH3 is 1. The first-order chi connectivity index (χ1) is 8.10. The van der Waals surface area contributed by atoms with E-state index in [4.69, 9.17) is 4.74 Å². The van der Waals surface area contributed by atoms with Gasteiger partial charge in [0.15, 0.2) is 0 Å². The van der Waals surface area contributed by atoms with E-state index in [1.54, 1.807) is 0 Å². The maximum absolute atomic E-state index is 5.74. The van der Waals surface area contributed by atoms with Gasteiger partial charge in [-0.05, 0) is 58.2 Å². The summed E-state index contributed by atoms with van der Waals surface area (Å²) in [6, 6.07) is 2.75. The van der Waals surface area contributed by atoms with Gasteiger partial charge in [-0.15, -0.1) is 11.3 Å². The fourth-order valence-corrected chi connectivity index (χ4v) is 3.79. The number of hydrogen-bond acceptors (Lipinski definition) is 3. The lowest BCUT2D eigenvalue weighted by Gasteiger charge is -2.42. The van der Waals surface area contributed by atoms with Crippen LogP contribution in [0, 0.1) is 13.8 Å². The molecule has 17 heavy (non-hydrogen) atoms. The van der Waals surface area contributed by atoms with E-state index in [9.17, 15) is 0 Å². The molecule has 0 saturated heterocycles. The van der Waals surface area contributed by atoms with E-state index in [1.165, 1.54) is 34.6 Å². The molecule has 3 heteroatoms. The van der Waals surface area contributed by atoms with Gasteiger partial charge in [0, 0.05) is 22.9 Å². The topological polar surface area (TPSA) is 21.3 Å². The van der Waals surface area contributed by atoms with Crippen molar-refractivity contribution < 1.29 is 4.74 Å². The number of ether oxygens (including phenoxy) is 1. The van der Waals surface area contributed by atoms with Crippen LogP contribution < -0.4 is 5.32 Å². The molecule has 1 saturated carbocycles. The highest BCUT2D eigenvalue weighted by Gasteiger charge is 2.39. The van der Waals surface area contributed by atoms with Crippen LogP contribution in [0.5, 0.6) is 0 Å². The first-order valence-electron chi connectivity index (χ1n) is 6.39. The Balaban J connectivity index is 2.13. The first-order valence-corrected chi connectivity index (χ1v) is 7.21. The van der Waals surface area contributed by atoms with Crippen LogP contribution >= 0.6 is 11.3 Å². The second kappa shape index (κ2) is 5.09. The van der Waals surface area contributed by atoms with Crippen molar-refractivity contribution in [2.24, 2.45) is 0 Å². The van der Waals surface area contributed by atoms with E-state index >= 15 is 0 Å². The molecule has 0 spiro atoms. The molecule has 2 nitrogen and oxygen atoms in total. The third-order valence-corrected chi connectivity index (χ3v) is 5.06. The highest BCUT2D eigenvalue weighted by Crippen LogP contribution is 2.42. The zero-order valence-electron chi connectivity index (χ0n) is 11.3. The van der Waals surface area contributed by atoms with Crippen molar-refractivity contribution in [2.45, 2.75) is 51.2 Å². The van der Waals surface area contributed by atoms with Gasteiger partial charge in [0.25, 0.3) is 0 Å². The summed E-state index contributed by atoms with van der Waals surface area (Å²) in [5.74, 6) is 0. The second-order valence-electron chi connectivity index (χ2n) is 5.15. The fourth-order valence-electron chi connectivity index (χ4n) is 2.80. The van der Waals surface area contributed by atoms with Gasteiger partial charge in [-0.2, -0.15) is 0 Å². The Kier molecular flexibility index (Phi) is 3.91. The molecule has 0 amide bonds. The van der Waals surface area contributed by atoms with Crippen molar-refractivity contribution in [3.8, 4) is 0 Å². The first kappa shape index (κ1) is 13.1. The van der Waals surface area contributed by atoms with Crippen molar-refractivity contribution in [1.82, 2.24) is 5.32 Å². The van der Waals surface area contributed by atoms with E-state index < -0.39 is 0 Å². The SMILES string of the molecule is CNC(CC1(OC)CCC1)c1cc(C)sc1C. The lowest BCUT2D eigenvalue weighted by Crippen LogP contribution is -2.42. The molecule has 96 valence electrons. The highest BCUT2D eigenvalue weighted by atomic mass is 32.1. The molecular weight excluding hydrogens is 230 g/mol. The van der Waals surface area contributed by atoms with Gasteiger partial charge in [-0.3, -0.25) is 0 Å². The molecule has 2 rings (SSSR count). The zero-order chi connectivity index (χ0) is 12.5. The van der Waals surface area contributed by atoms with Crippen molar-refractivity contribution in [2.75, 3.05) is 14.2 Å². The van der Waals surface area contributed by atoms with E-state index in [2.05, 4.69) is 32.3 Å². The van der Waals surface area contributed by atoms with Gasteiger partial charge in [0.1, 0.15) is 0 Å². The molecule has 0 aliphatic heterocycles. The van der Waals surface area contributed by atoms with Gasteiger partial charge < -0.3 is 10.1 Å². The van der Waals surface area contributed by atoms with E-state index in [1.807, 2.05) is 18.4 Å². The highest BCUT2D eigenvalue weighted by molar-refractivity contribution is 7.12. The summed E-state index contributed by atoms with van der Waals surface area (Å²) in [5.41, 5.74) is 1.59. The minimum Gasteiger partial charge on any atom is -0.378 e. The molecule has 1 aromatic rings. The van der Waals surface area contributed by atoms with Crippen LogP contribution in [0.2, 0.25) is 0 Å². The third kappa shape index (κ3) is 2.56. The molecule has 1 unspecified atom stereocenters. The molecule has 1 atom stereocenters. The largest absolute Gasteiger partial charge is 0.378 e.